The van der Waals surface area contributed by atoms with Crippen LogP contribution in [0.3, 0.4) is 0 Å². The zero-order valence-corrected chi connectivity index (χ0v) is 18.5. The number of aromatic nitrogens is 1. The number of rotatable bonds is 5. The van der Waals surface area contributed by atoms with E-state index < -0.39 is 31.0 Å². The van der Waals surface area contributed by atoms with Crippen molar-refractivity contribution in [2.45, 2.75) is 58.1 Å². The van der Waals surface area contributed by atoms with E-state index in [0.29, 0.717) is 26.2 Å². The van der Waals surface area contributed by atoms with E-state index in [1.165, 1.54) is 4.90 Å². The molecule has 2 saturated heterocycles. The number of alkyl halides is 3. The molecule has 1 aromatic rings. The van der Waals surface area contributed by atoms with E-state index in [0.717, 1.165) is 16.8 Å². The van der Waals surface area contributed by atoms with Crippen molar-refractivity contribution in [1.29, 1.82) is 0 Å². The highest BCUT2D eigenvalue weighted by Gasteiger charge is 2.52. The number of anilines is 1. The van der Waals surface area contributed by atoms with E-state index >= 15 is 0 Å². The second-order valence-electron chi connectivity index (χ2n) is 9.01. The minimum absolute atomic E-state index is 0.253. The second kappa shape index (κ2) is 8.29. The molecule has 1 aromatic heterocycles. The highest BCUT2D eigenvalue weighted by molar-refractivity contribution is 6.62. The predicted molar refractivity (Wildman–Crippen MR) is 110 cm³/mol. The lowest BCUT2D eigenvalue weighted by molar-refractivity contribution is -0.146. The fourth-order valence-corrected chi connectivity index (χ4v) is 3.68. The lowest BCUT2D eigenvalue weighted by Crippen LogP contribution is -2.49. The van der Waals surface area contributed by atoms with E-state index in [1.807, 2.05) is 40.7 Å². The van der Waals surface area contributed by atoms with Gasteiger partial charge >= 0.3 is 13.3 Å². The summed E-state index contributed by atoms with van der Waals surface area (Å²) in [5, 5.41) is 0. The Kier molecular flexibility index (Phi) is 6.44. The molecule has 2 aliphatic rings. The van der Waals surface area contributed by atoms with Crippen LogP contribution in [0.1, 0.15) is 46.4 Å². The summed E-state index contributed by atoms with van der Waals surface area (Å²) in [6, 6.07) is 1.97. The molecule has 0 amide bonds. The largest absolute Gasteiger partial charge is 0.496 e. The Labute approximate surface area is 176 Å². The van der Waals surface area contributed by atoms with Crippen molar-refractivity contribution in [3.63, 3.8) is 0 Å². The first-order chi connectivity index (χ1) is 13.8. The first kappa shape index (κ1) is 23.3. The molecule has 30 heavy (non-hydrogen) atoms. The molecule has 0 N–H and O–H groups in total. The molecule has 3 heterocycles. The number of nitrogens with zero attached hydrogens (tertiary/aromatic N) is 3. The maximum Gasteiger partial charge on any atom is 0.496 e. The van der Waals surface area contributed by atoms with Crippen LogP contribution in [0.15, 0.2) is 12.3 Å². The molecule has 0 spiro atoms. The quantitative estimate of drug-likeness (QED) is 0.672. The summed E-state index contributed by atoms with van der Waals surface area (Å²) < 4.78 is 55.9. The molecule has 0 radical (unpaired) electrons. The van der Waals surface area contributed by atoms with Crippen LogP contribution in [0.4, 0.5) is 18.9 Å². The molecule has 0 saturated carbocycles. The maximum absolute atomic E-state index is 12.7. The Balaban J connectivity index is 1.82. The van der Waals surface area contributed by atoms with Gasteiger partial charge in [-0.3, -0.25) is 9.88 Å². The number of halogens is 3. The summed E-state index contributed by atoms with van der Waals surface area (Å²) in [4.78, 5) is 8.11. The normalized spacial score (nSPS) is 23.1. The molecule has 168 valence electrons. The number of pyridine rings is 1. The lowest BCUT2D eigenvalue weighted by Gasteiger charge is -2.36. The van der Waals surface area contributed by atoms with E-state index in [-0.39, 0.29) is 6.10 Å². The Bertz CT molecular complexity index is 737. The van der Waals surface area contributed by atoms with Gasteiger partial charge < -0.3 is 18.9 Å². The number of hydrogen-bond donors (Lipinski definition) is 0. The summed E-state index contributed by atoms with van der Waals surface area (Å²) in [6.45, 7) is 10.7. The minimum Gasteiger partial charge on any atom is -0.399 e. The standard InChI is InChI=1S/C20H31BF3N3O3/c1-14(28-6)17-16(21-29-18(2,3)19(4,5)30-21)11-15(12-25-17)27-9-7-26(8-10-27)13-20(22,23)24/h11-12,14H,7-10,13H2,1-6H3. The average molecular weight is 429 g/mol. The van der Waals surface area contributed by atoms with Crippen LogP contribution in [-0.4, -0.2) is 74.2 Å². The van der Waals surface area contributed by atoms with Gasteiger partial charge in [-0.2, -0.15) is 13.2 Å². The smallest absolute Gasteiger partial charge is 0.399 e. The molecule has 2 aliphatic heterocycles. The maximum atomic E-state index is 12.7. The molecule has 10 heteroatoms. The van der Waals surface area contributed by atoms with Crippen LogP contribution in [0.5, 0.6) is 0 Å². The third kappa shape index (κ3) is 4.93. The third-order valence-corrected chi connectivity index (χ3v) is 6.32. The van der Waals surface area contributed by atoms with E-state index in [1.54, 1.807) is 13.3 Å². The second-order valence-corrected chi connectivity index (χ2v) is 9.01. The first-order valence-corrected chi connectivity index (χ1v) is 10.3. The third-order valence-electron chi connectivity index (χ3n) is 6.32. The Hall–Kier alpha value is -1.36. The van der Waals surface area contributed by atoms with Crippen molar-refractivity contribution in [2.24, 2.45) is 0 Å². The predicted octanol–water partition coefficient (Wildman–Crippen LogP) is 2.77. The summed E-state index contributed by atoms with van der Waals surface area (Å²) in [5.74, 6) is 0. The van der Waals surface area contributed by atoms with Gasteiger partial charge in [-0.1, -0.05) is 0 Å². The first-order valence-electron chi connectivity index (χ1n) is 10.3. The van der Waals surface area contributed by atoms with Crippen molar-refractivity contribution in [3.8, 4) is 0 Å². The van der Waals surface area contributed by atoms with E-state index in [9.17, 15) is 13.2 Å². The van der Waals surface area contributed by atoms with Crippen LogP contribution < -0.4 is 10.4 Å². The molecular formula is C20H31BF3N3O3. The highest BCUT2D eigenvalue weighted by Crippen LogP contribution is 2.37. The highest BCUT2D eigenvalue weighted by atomic mass is 19.4. The monoisotopic (exact) mass is 429 g/mol. The zero-order valence-electron chi connectivity index (χ0n) is 18.5. The lowest BCUT2D eigenvalue weighted by atomic mass is 9.76. The molecule has 3 rings (SSSR count). The van der Waals surface area contributed by atoms with Crippen molar-refractivity contribution < 1.29 is 27.2 Å². The van der Waals surface area contributed by atoms with Gasteiger partial charge in [0, 0.05) is 38.8 Å². The van der Waals surface area contributed by atoms with Crippen LogP contribution in [0.2, 0.25) is 0 Å². The SMILES string of the molecule is COC(C)c1ncc(N2CCN(CC(F)(F)F)CC2)cc1B1OC(C)(C)C(C)(C)O1. The molecule has 0 aromatic carbocycles. The number of hydrogen-bond acceptors (Lipinski definition) is 6. The van der Waals surface area contributed by atoms with Crippen molar-refractivity contribution in [1.82, 2.24) is 9.88 Å². The number of ether oxygens (including phenoxy) is 1. The molecule has 1 unspecified atom stereocenters. The van der Waals surface area contributed by atoms with E-state index in [4.69, 9.17) is 14.0 Å². The summed E-state index contributed by atoms with van der Waals surface area (Å²) in [7, 11) is 1.02. The van der Waals surface area contributed by atoms with Gasteiger partial charge in [-0.05, 0) is 40.7 Å². The van der Waals surface area contributed by atoms with Gasteiger partial charge in [-0.25, -0.2) is 0 Å². The van der Waals surface area contributed by atoms with Crippen LogP contribution >= 0.6 is 0 Å². The minimum atomic E-state index is -4.18. The fraction of sp³-hybridized carbons (Fsp3) is 0.750. The Morgan fingerprint density at radius 2 is 1.70 bits per heavy atom. The van der Waals surface area contributed by atoms with Gasteiger partial charge in [0.05, 0.1) is 41.4 Å². The average Bonchev–Trinajstić information content (AvgIpc) is 2.87. The van der Waals surface area contributed by atoms with Gasteiger partial charge in [0.1, 0.15) is 0 Å². The topological polar surface area (TPSA) is 47.1 Å². The van der Waals surface area contributed by atoms with Gasteiger partial charge in [-0.15, -0.1) is 0 Å². The molecule has 6 nitrogen and oxygen atoms in total. The van der Waals surface area contributed by atoms with Gasteiger partial charge in [0.15, 0.2) is 0 Å². The molecule has 2 fully saturated rings. The van der Waals surface area contributed by atoms with Crippen LogP contribution in [0, 0.1) is 0 Å². The Morgan fingerprint density at radius 1 is 1.13 bits per heavy atom. The Morgan fingerprint density at radius 3 is 2.20 bits per heavy atom. The molecular weight excluding hydrogens is 398 g/mol. The summed E-state index contributed by atoms with van der Waals surface area (Å²) in [5.41, 5.74) is 1.38. The van der Waals surface area contributed by atoms with Crippen molar-refractivity contribution in [3.05, 3.63) is 18.0 Å². The summed E-state index contributed by atoms with van der Waals surface area (Å²) in [6.07, 6.45) is -2.68. The van der Waals surface area contributed by atoms with Gasteiger partial charge in [0.2, 0.25) is 0 Å². The molecule has 0 bridgehead atoms. The van der Waals surface area contributed by atoms with Crippen LogP contribution in [0.25, 0.3) is 0 Å². The number of methoxy groups -OCH3 is 1. The van der Waals surface area contributed by atoms with Crippen molar-refractivity contribution >= 4 is 18.3 Å². The van der Waals surface area contributed by atoms with Crippen molar-refractivity contribution in [2.75, 3.05) is 44.7 Å². The van der Waals surface area contributed by atoms with E-state index in [2.05, 4.69) is 9.88 Å². The molecule has 1 atom stereocenters. The molecule has 0 aliphatic carbocycles. The summed E-state index contributed by atoms with van der Waals surface area (Å²) >= 11 is 0. The fourth-order valence-electron chi connectivity index (χ4n) is 3.68. The zero-order chi connectivity index (χ0) is 22.3. The number of piperazine rings is 1. The van der Waals surface area contributed by atoms with Crippen LogP contribution in [-0.2, 0) is 14.0 Å². The van der Waals surface area contributed by atoms with Gasteiger partial charge in [0.25, 0.3) is 0 Å².